The van der Waals surface area contributed by atoms with Gasteiger partial charge in [0, 0.05) is 32.0 Å². The van der Waals surface area contributed by atoms with E-state index in [2.05, 4.69) is 9.71 Å². The maximum atomic E-state index is 12.2. The summed E-state index contributed by atoms with van der Waals surface area (Å²) >= 11 is 0. The second-order valence-electron chi connectivity index (χ2n) is 4.47. The number of hydrogen-bond acceptors (Lipinski definition) is 5. The minimum Gasteiger partial charge on any atom is -0.399 e. The van der Waals surface area contributed by atoms with Gasteiger partial charge in [-0.05, 0) is 30.3 Å². The maximum absolute atomic E-state index is 12.2. The predicted molar refractivity (Wildman–Crippen MR) is 80.2 cm³/mol. The summed E-state index contributed by atoms with van der Waals surface area (Å²) in [6, 6.07) is 9.28. The zero-order valence-electron chi connectivity index (χ0n) is 11.2. The monoisotopic (exact) mass is 292 g/mol. The maximum Gasteiger partial charge on any atom is 0.261 e. The second-order valence-corrected chi connectivity index (χ2v) is 6.15. The zero-order valence-corrected chi connectivity index (χ0v) is 12.1. The molecule has 6 nitrogen and oxygen atoms in total. The first-order valence-electron chi connectivity index (χ1n) is 5.90. The van der Waals surface area contributed by atoms with Crippen LogP contribution in [0.3, 0.4) is 0 Å². The number of nitrogen functional groups attached to an aromatic ring is 1. The molecular weight excluding hydrogens is 276 g/mol. The lowest BCUT2D eigenvalue weighted by atomic mass is 10.3. The molecule has 0 amide bonds. The van der Waals surface area contributed by atoms with Gasteiger partial charge in [0.25, 0.3) is 10.0 Å². The van der Waals surface area contributed by atoms with Crippen molar-refractivity contribution in [1.29, 1.82) is 0 Å². The van der Waals surface area contributed by atoms with Crippen molar-refractivity contribution in [2.45, 2.75) is 4.90 Å². The summed E-state index contributed by atoms with van der Waals surface area (Å²) in [6.07, 6.45) is 1.55. The predicted octanol–water partition coefficient (Wildman–Crippen LogP) is 1.53. The average Bonchev–Trinajstić information content (AvgIpc) is 2.39. The van der Waals surface area contributed by atoms with Crippen LogP contribution in [0.2, 0.25) is 0 Å². The van der Waals surface area contributed by atoms with Crippen LogP contribution in [0.1, 0.15) is 0 Å². The Kier molecular flexibility index (Phi) is 3.80. The van der Waals surface area contributed by atoms with Crippen molar-refractivity contribution in [3.63, 3.8) is 0 Å². The molecule has 20 heavy (non-hydrogen) atoms. The number of nitrogens with two attached hydrogens (primary N) is 1. The number of benzene rings is 1. The van der Waals surface area contributed by atoms with E-state index in [0.717, 1.165) is 0 Å². The Hall–Kier alpha value is -2.28. The van der Waals surface area contributed by atoms with Crippen molar-refractivity contribution in [1.82, 2.24) is 4.98 Å². The van der Waals surface area contributed by atoms with Gasteiger partial charge in [-0.25, -0.2) is 13.4 Å². The standard InChI is InChI=1S/C13H16N4O2S/c1-17(2)13-9-11(7-8-15-13)16-20(18,19)12-5-3-10(14)4-6-12/h3-9H,14H2,1-2H3,(H,15,16). The molecule has 0 saturated carbocycles. The molecule has 7 heteroatoms. The first-order chi connectivity index (χ1) is 9.38. The van der Waals surface area contributed by atoms with Gasteiger partial charge in [0.2, 0.25) is 0 Å². The lowest BCUT2D eigenvalue weighted by Crippen LogP contribution is -2.15. The lowest BCUT2D eigenvalue weighted by Gasteiger charge is -2.13. The Labute approximate surface area is 118 Å². The number of rotatable bonds is 4. The fraction of sp³-hybridized carbons (Fsp3) is 0.154. The van der Waals surface area contributed by atoms with Gasteiger partial charge in [0.15, 0.2) is 0 Å². The molecule has 0 aliphatic carbocycles. The summed E-state index contributed by atoms with van der Waals surface area (Å²) in [5.74, 6) is 0.669. The molecule has 2 rings (SSSR count). The van der Waals surface area contributed by atoms with Crippen molar-refractivity contribution in [2.75, 3.05) is 29.5 Å². The minimum atomic E-state index is -3.62. The van der Waals surface area contributed by atoms with E-state index < -0.39 is 10.0 Å². The Bertz CT molecular complexity index is 697. The molecule has 0 bridgehead atoms. The molecule has 0 aliphatic heterocycles. The number of nitrogens with one attached hydrogen (secondary N) is 1. The molecule has 0 radical (unpaired) electrons. The fourth-order valence-electron chi connectivity index (χ4n) is 1.59. The van der Waals surface area contributed by atoms with Crippen LogP contribution < -0.4 is 15.4 Å². The van der Waals surface area contributed by atoms with Crippen molar-refractivity contribution in [3.8, 4) is 0 Å². The summed E-state index contributed by atoms with van der Waals surface area (Å²) in [5, 5.41) is 0. The SMILES string of the molecule is CN(C)c1cc(NS(=O)(=O)c2ccc(N)cc2)ccn1. The van der Waals surface area contributed by atoms with Gasteiger partial charge in [-0.3, -0.25) is 4.72 Å². The highest BCUT2D eigenvalue weighted by Gasteiger charge is 2.14. The van der Waals surface area contributed by atoms with E-state index in [1.54, 1.807) is 35.4 Å². The van der Waals surface area contributed by atoms with Crippen molar-refractivity contribution < 1.29 is 8.42 Å². The number of nitrogens with zero attached hydrogens (tertiary/aromatic N) is 2. The van der Waals surface area contributed by atoms with Crippen LogP contribution in [-0.4, -0.2) is 27.5 Å². The van der Waals surface area contributed by atoms with Crippen LogP contribution in [0.15, 0.2) is 47.5 Å². The van der Waals surface area contributed by atoms with Crippen molar-refractivity contribution in [2.24, 2.45) is 0 Å². The molecule has 3 N–H and O–H groups in total. The van der Waals surface area contributed by atoms with Gasteiger partial charge in [-0.2, -0.15) is 0 Å². The molecule has 0 atom stereocenters. The van der Waals surface area contributed by atoms with Gasteiger partial charge in [0.1, 0.15) is 5.82 Å². The van der Waals surface area contributed by atoms with E-state index in [1.165, 1.54) is 12.1 Å². The summed E-state index contributed by atoms with van der Waals surface area (Å²) < 4.78 is 26.9. The smallest absolute Gasteiger partial charge is 0.261 e. The van der Waals surface area contributed by atoms with E-state index in [4.69, 9.17) is 5.73 Å². The zero-order chi connectivity index (χ0) is 14.8. The quantitative estimate of drug-likeness (QED) is 0.834. The molecule has 0 spiro atoms. The van der Waals surface area contributed by atoms with Gasteiger partial charge in [-0.1, -0.05) is 0 Å². The van der Waals surface area contributed by atoms with Gasteiger partial charge in [-0.15, -0.1) is 0 Å². The van der Waals surface area contributed by atoms with Gasteiger partial charge in [0.05, 0.1) is 10.6 Å². The third-order valence-corrected chi connectivity index (χ3v) is 4.04. The largest absolute Gasteiger partial charge is 0.399 e. The van der Waals surface area contributed by atoms with E-state index in [1.807, 2.05) is 14.1 Å². The molecular formula is C13H16N4O2S. The van der Waals surface area contributed by atoms with Gasteiger partial charge >= 0.3 is 0 Å². The molecule has 2 aromatic rings. The number of anilines is 3. The van der Waals surface area contributed by atoms with Crippen LogP contribution in [0.4, 0.5) is 17.2 Å². The highest BCUT2D eigenvalue weighted by atomic mass is 32.2. The summed E-state index contributed by atoms with van der Waals surface area (Å²) in [7, 11) is 0.0434. The molecule has 1 aromatic carbocycles. The summed E-state index contributed by atoms with van der Waals surface area (Å²) in [6.45, 7) is 0. The lowest BCUT2D eigenvalue weighted by molar-refractivity contribution is 0.601. The molecule has 0 aliphatic rings. The van der Waals surface area contributed by atoms with Crippen LogP contribution in [0.25, 0.3) is 0 Å². The summed E-state index contributed by atoms with van der Waals surface area (Å²) in [5.41, 5.74) is 6.52. The van der Waals surface area contributed by atoms with Crippen LogP contribution in [-0.2, 0) is 10.0 Å². The van der Waals surface area contributed by atoms with E-state index in [0.29, 0.717) is 17.2 Å². The Morgan fingerprint density at radius 3 is 2.40 bits per heavy atom. The molecule has 1 heterocycles. The third-order valence-electron chi connectivity index (χ3n) is 2.65. The highest BCUT2D eigenvalue weighted by Crippen LogP contribution is 2.19. The first-order valence-corrected chi connectivity index (χ1v) is 7.38. The topological polar surface area (TPSA) is 88.3 Å². The first kappa shape index (κ1) is 14.1. The molecule has 106 valence electrons. The minimum absolute atomic E-state index is 0.162. The summed E-state index contributed by atoms with van der Waals surface area (Å²) in [4.78, 5) is 6.08. The molecule has 0 fully saturated rings. The van der Waals surface area contributed by atoms with E-state index >= 15 is 0 Å². The van der Waals surface area contributed by atoms with E-state index in [9.17, 15) is 8.42 Å². The normalized spacial score (nSPS) is 11.1. The fourth-order valence-corrected chi connectivity index (χ4v) is 2.64. The van der Waals surface area contributed by atoms with Crippen LogP contribution >= 0.6 is 0 Å². The van der Waals surface area contributed by atoms with Crippen LogP contribution in [0, 0.1) is 0 Å². The molecule has 0 saturated heterocycles. The number of sulfonamides is 1. The van der Waals surface area contributed by atoms with E-state index in [-0.39, 0.29) is 4.90 Å². The molecule has 1 aromatic heterocycles. The Balaban J connectivity index is 2.28. The van der Waals surface area contributed by atoms with Crippen molar-refractivity contribution in [3.05, 3.63) is 42.6 Å². The third kappa shape index (κ3) is 3.18. The second kappa shape index (κ2) is 5.38. The average molecular weight is 292 g/mol. The Morgan fingerprint density at radius 2 is 1.80 bits per heavy atom. The number of aromatic nitrogens is 1. The Morgan fingerprint density at radius 1 is 1.15 bits per heavy atom. The molecule has 0 unspecified atom stereocenters. The number of hydrogen-bond donors (Lipinski definition) is 2. The van der Waals surface area contributed by atoms with Crippen molar-refractivity contribution >= 4 is 27.2 Å². The highest BCUT2D eigenvalue weighted by molar-refractivity contribution is 7.92. The van der Waals surface area contributed by atoms with Crippen LogP contribution in [0.5, 0.6) is 0 Å². The van der Waals surface area contributed by atoms with Gasteiger partial charge < -0.3 is 10.6 Å². The number of pyridine rings is 1.